The van der Waals surface area contributed by atoms with Crippen LogP contribution >= 0.6 is 0 Å². The van der Waals surface area contributed by atoms with E-state index in [9.17, 15) is 19.5 Å². The zero-order chi connectivity index (χ0) is 22.8. The van der Waals surface area contributed by atoms with E-state index in [0.717, 1.165) is 18.4 Å². The molecule has 7 heteroatoms. The predicted molar refractivity (Wildman–Crippen MR) is 113 cm³/mol. The van der Waals surface area contributed by atoms with Crippen molar-refractivity contribution in [2.75, 3.05) is 13.4 Å². The van der Waals surface area contributed by atoms with Gasteiger partial charge in [0.15, 0.2) is 18.0 Å². The van der Waals surface area contributed by atoms with E-state index in [4.69, 9.17) is 14.2 Å². The second-order valence-electron chi connectivity index (χ2n) is 10.7. The van der Waals surface area contributed by atoms with Crippen LogP contribution in [0.15, 0.2) is 23.8 Å². The number of rotatable bonds is 4. The molecule has 3 saturated carbocycles. The van der Waals surface area contributed by atoms with E-state index in [1.807, 2.05) is 13.0 Å². The molecule has 4 aliphatic carbocycles. The molecule has 174 valence electrons. The fraction of sp³-hybridized carbons (Fsp3) is 0.720. The molecule has 0 aromatic carbocycles. The Bertz CT molecular complexity index is 904. The number of carbonyl (C=O) groups is 3. The van der Waals surface area contributed by atoms with E-state index in [2.05, 4.69) is 0 Å². The van der Waals surface area contributed by atoms with Crippen LogP contribution in [0.1, 0.15) is 46.5 Å². The summed E-state index contributed by atoms with van der Waals surface area (Å²) in [6.07, 6.45) is 7.04. The van der Waals surface area contributed by atoms with E-state index in [-0.39, 0.29) is 54.6 Å². The maximum absolute atomic E-state index is 13.5. The monoisotopic (exact) mass is 444 g/mol. The minimum atomic E-state index is -1.21. The lowest BCUT2D eigenvalue weighted by Crippen LogP contribution is -2.62. The van der Waals surface area contributed by atoms with E-state index >= 15 is 0 Å². The molecule has 1 saturated heterocycles. The Morgan fingerprint density at radius 1 is 1.34 bits per heavy atom. The van der Waals surface area contributed by atoms with Crippen molar-refractivity contribution < 1.29 is 33.7 Å². The van der Waals surface area contributed by atoms with Crippen LogP contribution in [0, 0.1) is 35.0 Å². The first-order chi connectivity index (χ1) is 15.2. The van der Waals surface area contributed by atoms with E-state index in [1.165, 1.54) is 0 Å². The Kier molecular flexibility index (Phi) is 5.23. The highest BCUT2D eigenvalue weighted by Crippen LogP contribution is 2.67. The number of hydrogen-bond donors (Lipinski definition) is 1. The third-order valence-electron chi connectivity index (χ3n) is 8.87. The van der Waals surface area contributed by atoms with Crippen LogP contribution in [0.4, 0.5) is 0 Å². The van der Waals surface area contributed by atoms with Crippen LogP contribution in [0.5, 0.6) is 0 Å². The van der Waals surface area contributed by atoms with E-state index < -0.39 is 29.2 Å². The molecule has 1 aliphatic heterocycles. The highest BCUT2D eigenvalue weighted by atomic mass is 16.7. The number of fused-ring (bicyclic) bond motifs is 7. The van der Waals surface area contributed by atoms with Gasteiger partial charge in [0.2, 0.25) is 5.78 Å². The molecule has 1 N–H and O–H groups in total. The molecule has 1 heterocycles. The highest BCUT2D eigenvalue weighted by molar-refractivity contribution is 6.01. The molecular formula is C25H32O7. The average Bonchev–Trinajstić information content (AvgIpc) is 3.28. The largest absolute Gasteiger partial charge is 0.457 e. The summed E-state index contributed by atoms with van der Waals surface area (Å²) < 4.78 is 17.3. The molecule has 0 radical (unpaired) electrons. The van der Waals surface area contributed by atoms with Gasteiger partial charge in [0, 0.05) is 11.3 Å². The van der Waals surface area contributed by atoms with Crippen LogP contribution in [-0.2, 0) is 28.6 Å². The minimum absolute atomic E-state index is 0.0159. The molecule has 3 unspecified atom stereocenters. The van der Waals surface area contributed by atoms with Gasteiger partial charge in [0.25, 0.3) is 0 Å². The van der Waals surface area contributed by atoms with Crippen molar-refractivity contribution in [1.82, 2.24) is 0 Å². The zero-order valence-electron chi connectivity index (χ0n) is 18.9. The SMILES string of the molecule is CC(C)C(=O)OCC(=O)[C@@]12OCO[C@@H]1CC1[C@@H]3CCC4=CC(=O)C=CC4C3[C@@H](O)C[C@@]12C. The summed E-state index contributed by atoms with van der Waals surface area (Å²) in [6, 6.07) is 0. The molecule has 0 bridgehead atoms. The molecule has 0 aromatic rings. The summed E-state index contributed by atoms with van der Waals surface area (Å²) in [5, 5.41) is 11.4. The number of ether oxygens (including phenoxy) is 3. The summed E-state index contributed by atoms with van der Waals surface area (Å²) in [5.74, 6) is -0.580. The van der Waals surface area contributed by atoms with Crippen molar-refractivity contribution in [3.8, 4) is 0 Å². The van der Waals surface area contributed by atoms with Gasteiger partial charge in [0.1, 0.15) is 6.79 Å². The number of esters is 1. The molecule has 7 nitrogen and oxygen atoms in total. The van der Waals surface area contributed by atoms with Crippen molar-refractivity contribution >= 4 is 17.5 Å². The van der Waals surface area contributed by atoms with Gasteiger partial charge in [-0.05, 0) is 55.6 Å². The fourth-order valence-electron chi connectivity index (χ4n) is 7.51. The van der Waals surface area contributed by atoms with Crippen LogP contribution < -0.4 is 0 Å². The van der Waals surface area contributed by atoms with Gasteiger partial charge < -0.3 is 19.3 Å². The number of allylic oxidation sites excluding steroid dienone is 4. The Morgan fingerprint density at radius 3 is 2.88 bits per heavy atom. The molecule has 8 atom stereocenters. The van der Waals surface area contributed by atoms with Gasteiger partial charge in [-0.25, -0.2) is 0 Å². The van der Waals surface area contributed by atoms with Crippen LogP contribution in [0.3, 0.4) is 0 Å². The predicted octanol–water partition coefficient (Wildman–Crippen LogP) is 2.36. The lowest BCUT2D eigenvalue weighted by Gasteiger charge is -2.56. The first-order valence-corrected chi connectivity index (χ1v) is 11.7. The maximum Gasteiger partial charge on any atom is 0.308 e. The summed E-state index contributed by atoms with van der Waals surface area (Å²) in [6.45, 7) is 5.18. The van der Waals surface area contributed by atoms with Crippen molar-refractivity contribution in [1.29, 1.82) is 0 Å². The van der Waals surface area contributed by atoms with Gasteiger partial charge >= 0.3 is 5.97 Å². The Morgan fingerprint density at radius 2 is 2.12 bits per heavy atom. The molecule has 0 amide bonds. The molecule has 5 rings (SSSR count). The molecule has 0 spiro atoms. The van der Waals surface area contributed by atoms with Crippen molar-refractivity contribution in [3.63, 3.8) is 0 Å². The van der Waals surface area contributed by atoms with Gasteiger partial charge in [-0.15, -0.1) is 0 Å². The van der Waals surface area contributed by atoms with Crippen molar-refractivity contribution in [3.05, 3.63) is 23.8 Å². The number of ketones is 2. The summed E-state index contributed by atoms with van der Waals surface area (Å²) in [5.41, 5.74) is -0.723. The summed E-state index contributed by atoms with van der Waals surface area (Å²) in [4.78, 5) is 37.4. The van der Waals surface area contributed by atoms with Crippen LogP contribution in [0.2, 0.25) is 0 Å². The topological polar surface area (TPSA) is 99.1 Å². The lowest BCUT2D eigenvalue weighted by molar-refractivity contribution is -0.184. The van der Waals surface area contributed by atoms with E-state index in [0.29, 0.717) is 12.8 Å². The van der Waals surface area contributed by atoms with Crippen LogP contribution in [-0.4, -0.2) is 53.9 Å². The van der Waals surface area contributed by atoms with Crippen molar-refractivity contribution in [2.45, 2.75) is 64.3 Å². The Labute approximate surface area is 188 Å². The van der Waals surface area contributed by atoms with E-state index in [1.54, 1.807) is 26.0 Å². The third kappa shape index (κ3) is 2.94. The highest BCUT2D eigenvalue weighted by Gasteiger charge is 2.74. The normalized spacial score (nSPS) is 44.4. The Balaban J connectivity index is 1.46. The molecule has 4 fully saturated rings. The third-order valence-corrected chi connectivity index (χ3v) is 8.87. The standard InChI is InChI=1S/C25H32O7/c1-13(2)23(29)30-11-20(28)25-21(31-12-32-25)9-18-17-6-4-14-8-15(26)5-7-16(14)22(17)19(27)10-24(18,25)3/h5,7-8,13,16-19,21-22,27H,4,6,9-12H2,1-3H3/t16?,17-,18?,19-,21+,22?,24-,25+/m0/s1. The first-order valence-electron chi connectivity index (χ1n) is 11.7. The second-order valence-corrected chi connectivity index (χ2v) is 10.7. The molecular weight excluding hydrogens is 412 g/mol. The summed E-state index contributed by atoms with van der Waals surface area (Å²) in [7, 11) is 0. The fourth-order valence-corrected chi connectivity index (χ4v) is 7.51. The summed E-state index contributed by atoms with van der Waals surface area (Å²) >= 11 is 0. The smallest absolute Gasteiger partial charge is 0.308 e. The molecule has 5 aliphatic rings. The van der Waals surface area contributed by atoms with Gasteiger partial charge in [-0.3, -0.25) is 14.4 Å². The lowest BCUT2D eigenvalue weighted by atomic mass is 9.50. The Hall–Kier alpha value is -1.83. The maximum atomic E-state index is 13.5. The number of aliphatic hydroxyl groups is 1. The van der Waals surface area contributed by atoms with Gasteiger partial charge in [-0.2, -0.15) is 0 Å². The van der Waals surface area contributed by atoms with Gasteiger partial charge in [-0.1, -0.05) is 32.4 Å². The zero-order valence-corrected chi connectivity index (χ0v) is 18.9. The second kappa shape index (κ2) is 7.61. The number of Topliss-reactive ketones (excluding diaryl/α,β-unsaturated/α-hetero) is 1. The number of carbonyl (C=O) groups excluding carboxylic acids is 3. The van der Waals surface area contributed by atoms with Gasteiger partial charge in [0.05, 0.1) is 18.1 Å². The average molecular weight is 445 g/mol. The van der Waals surface area contributed by atoms with Crippen molar-refractivity contribution in [2.24, 2.45) is 35.0 Å². The van der Waals surface area contributed by atoms with Crippen LogP contribution in [0.25, 0.3) is 0 Å². The molecule has 32 heavy (non-hydrogen) atoms. The quantitative estimate of drug-likeness (QED) is 0.665. The number of hydrogen-bond acceptors (Lipinski definition) is 7. The first kappa shape index (κ1) is 22.0. The minimum Gasteiger partial charge on any atom is -0.457 e. The molecule has 0 aromatic heterocycles. The number of aliphatic hydroxyl groups excluding tert-OH is 1.